The van der Waals surface area contributed by atoms with Crippen molar-refractivity contribution in [2.45, 2.75) is 62.5 Å². The SMILES string of the molecule is C=C[SiH](C)O[SiH2][Si](O[SiH3])([SiH2]O[SiH](C)C)C(C)(C)C(F)(F)C(F)(F)C(F)(F)C(F)(F)F. The monoisotopic (exact) mass is 558 g/mol. The van der Waals surface area contributed by atoms with E-state index in [1.165, 1.54) is 5.70 Å². The minimum Gasteiger partial charge on any atom is -0.464 e. The first-order valence-electron chi connectivity index (χ1n) is 8.79. The standard InChI is InChI=1S/C12H27F9O3Si6/c1-7-29(6)24-27-30(22-25,26-23-28(4)5)8(2,3)9(13,14)10(15,16)11(17,18)12(19,20)21/h7,28-29H,1,26-27H2,2-6,25H3. The molecule has 180 valence electrons. The lowest BCUT2D eigenvalue weighted by Crippen LogP contribution is -2.73. The molecule has 0 heterocycles. The van der Waals surface area contributed by atoms with Gasteiger partial charge in [0.2, 0.25) is 7.35 Å². The zero-order chi connectivity index (χ0) is 24.4. The van der Waals surface area contributed by atoms with Gasteiger partial charge in [-0.25, -0.2) is 0 Å². The average Bonchev–Trinajstić information content (AvgIpc) is 2.59. The third-order valence-corrected chi connectivity index (χ3v) is 38.4. The Balaban J connectivity index is 6.56. The van der Waals surface area contributed by atoms with Crippen molar-refractivity contribution in [3.8, 4) is 0 Å². The highest BCUT2D eigenvalue weighted by atomic mass is 29.6. The zero-order valence-electron chi connectivity index (χ0n) is 17.5. The van der Waals surface area contributed by atoms with Crippen molar-refractivity contribution >= 4 is 54.5 Å². The highest BCUT2D eigenvalue weighted by molar-refractivity contribution is 7.47. The van der Waals surface area contributed by atoms with Gasteiger partial charge in [0, 0.05) is 0 Å². The summed E-state index contributed by atoms with van der Waals surface area (Å²) >= 11 is 0. The van der Waals surface area contributed by atoms with Crippen molar-refractivity contribution in [2.24, 2.45) is 0 Å². The summed E-state index contributed by atoms with van der Waals surface area (Å²) < 4.78 is 140. The molecule has 0 aromatic carbocycles. The molecule has 0 saturated carbocycles. The van der Waals surface area contributed by atoms with Gasteiger partial charge in [-0.2, -0.15) is 39.5 Å². The van der Waals surface area contributed by atoms with Gasteiger partial charge >= 0.3 is 23.9 Å². The summed E-state index contributed by atoms with van der Waals surface area (Å²) in [5.41, 5.74) is 1.45. The Bertz CT molecular complexity index is 590. The summed E-state index contributed by atoms with van der Waals surface area (Å²) in [4.78, 5) is 0. The third kappa shape index (κ3) is 5.43. The van der Waals surface area contributed by atoms with Crippen LogP contribution >= 0.6 is 0 Å². The van der Waals surface area contributed by atoms with Crippen molar-refractivity contribution in [3.63, 3.8) is 0 Å². The molecule has 3 nitrogen and oxygen atoms in total. The minimum atomic E-state index is -6.94. The van der Waals surface area contributed by atoms with Gasteiger partial charge in [-0.3, -0.25) is 0 Å². The van der Waals surface area contributed by atoms with Crippen LogP contribution in [0.5, 0.6) is 0 Å². The van der Waals surface area contributed by atoms with Crippen LogP contribution in [-0.4, -0.2) is 78.4 Å². The molecule has 0 radical (unpaired) electrons. The largest absolute Gasteiger partial charge is 0.464 e. The Hall–Kier alpha value is 0.291. The number of rotatable bonds is 12. The van der Waals surface area contributed by atoms with Crippen LogP contribution < -0.4 is 0 Å². The number of halogens is 9. The first kappa shape index (κ1) is 30.3. The van der Waals surface area contributed by atoms with Gasteiger partial charge in [-0.05, 0) is 19.6 Å². The Morgan fingerprint density at radius 1 is 0.833 bits per heavy atom. The molecule has 0 amide bonds. The summed E-state index contributed by atoms with van der Waals surface area (Å²) in [6.07, 6.45) is -6.86. The molecule has 2 unspecified atom stereocenters. The fourth-order valence-electron chi connectivity index (χ4n) is 2.46. The lowest BCUT2D eigenvalue weighted by atomic mass is 9.93. The maximum atomic E-state index is 15.0. The lowest BCUT2D eigenvalue weighted by Gasteiger charge is -2.50. The number of hydrogen-bond donors (Lipinski definition) is 0. The fourth-order valence-corrected chi connectivity index (χ4v) is 35.3. The average molecular weight is 559 g/mol. The molecule has 0 aromatic heterocycles. The van der Waals surface area contributed by atoms with E-state index in [0.717, 1.165) is 0 Å². The van der Waals surface area contributed by atoms with Crippen molar-refractivity contribution in [3.05, 3.63) is 12.3 Å². The minimum absolute atomic E-state index is 0.212. The zero-order valence-corrected chi connectivity index (χ0v) is 25.6. The van der Waals surface area contributed by atoms with Crippen LogP contribution in [0.4, 0.5) is 39.5 Å². The second-order valence-electron chi connectivity index (χ2n) is 7.66. The summed E-state index contributed by atoms with van der Waals surface area (Å²) in [5.74, 6) is -19.4. The van der Waals surface area contributed by atoms with E-state index in [4.69, 9.17) is 12.3 Å². The summed E-state index contributed by atoms with van der Waals surface area (Å²) in [7, 11) is -12.4. The van der Waals surface area contributed by atoms with Gasteiger partial charge in [0.25, 0.3) is 0 Å². The molecule has 0 rings (SSSR count). The molecule has 2 atom stereocenters. The van der Waals surface area contributed by atoms with E-state index in [9.17, 15) is 39.5 Å². The van der Waals surface area contributed by atoms with E-state index in [2.05, 4.69) is 6.58 Å². The van der Waals surface area contributed by atoms with Crippen LogP contribution in [0.1, 0.15) is 13.8 Å². The summed E-state index contributed by atoms with van der Waals surface area (Å²) in [6, 6.07) is 0. The Labute approximate surface area is 181 Å². The molecule has 18 heteroatoms. The van der Waals surface area contributed by atoms with Gasteiger partial charge in [0.1, 0.15) is 10.5 Å². The molecule has 0 saturated heterocycles. The molecule has 0 aliphatic heterocycles. The van der Waals surface area contributed by atoms with Gasteiger partial charge in [-0.1, -0.05) is 19.5 Å². The van der Waals surface area contributed by atoms with E-state index >= 15 is 0 Å². The molecule has 0 aliphatic carbocycles. The van der Waals surface area contributed by atoms with Crippen LogP contribution in [0, 0.1) is 0 Å². The van der Waals surface area contributed by atoms with E-state index in [1.54, 1.807) is 19.6 Å². The van der Waals surface area contributed by atoms with Crippen molar-refractivity contribution < 1.29 is 51.9 Å². The molecular formula is C12H27F9O3Si6. The predicted octanol–water partition coefficient (Wildman–Crippen LogP) is 1.73. The third-order valence-electron chi connectivity index (χ3n) is 5.02. The number of alkyl halides is 9. The van der Waals surface area contributed by atoms with E-state index in [1.807, 2.05) is 0 Å². The topological polar surface area (TPSA) is 27.7 Å². The van der Waals surface area contributed by atoms with Gasteiger partial charge in [-0.15, -0.1) is 6.58 Å². The van der Waals surface area contributed by atoms with E-state index < -0.39 is 73.0 Å². The smallest absolute Gasteiger partial charge is 0.460 e. The summed E-state index contributed by atoms with van der Waals surface area (Å²) in [5, 5.41) is -2.99. The highest BCUT2D eigenvalue weighted by Crippen LogP contribution is 2.63. The molecular weight excluding hydrogens is 532 g/mol. The lowest BCUT2D eigenvalue weighted by molar-refractivity contribution is -0.400. The molecule has 30 heavy (non-hydrogen) atoms. The van der Waals surface area contributed by atoms with E-state index in [0.29, 0.717) is 13.8 Å². The van der Waals surface area contributed by atoms with E-state index in [-0.39, 0.29) is 10.5 Å². The Morgan fingerprint density at radius 3 is 1.60 bits per heavy atom. The van der Waals surface area contributed by atoms with Crippen LogP contribution in [0.3, 0.4) is 0 Å². The maximum absolute atomic E-state index is 15.0. The van der Waals surface area contributed by atoms with Gasteiger partial charge < -0.3 is 12.3 Å². The quantitative estimate of drug-likeness (QED) is 0.270. The maximum Gasteiger partial charge on any atom is 0.460 e. The number of hydrogen-bond acceptors (Lipinski definition) is 3. The van der Waals surface area contributed by atoms with Crippen molar-refractivity contribution in [1.29, 1.82) is 0 Å². The van der Waals surface area contributed by atoms with Crippen molar-refractivity contribution in [2.75, 3.05) is 0 Å². The molecule has 0 bridgehead atoms. The van der Waals surface area contributed by atoms with Gasteiger partial charge in [0.15, 0.2) is 36.6 Å². The molecule has 0 aromatic rings. The highest BCUT2D eigenvalue weighted by Gasteiger charge is 2.86. The molecule has 0 fully saturated rings. The van der Waals surface area contributed by atoms with Gasteiger partial charge in [0.05, 0.1) is 5.04 Å². The first-order chi connectivity index (χ1) is 13.2. The summed E-state index contributed by atoms with van der Waals surface area (Å²) in [6.45, 7) is 9.69. The second kappa shape index (κ2) is 10.1. The van der Waals surface area contributed by atoms with Crippen LogP contribution in [-0.2, 0) is 12.3 Å². The second-order valence-corrected chi connectivity index (χ2v) is 31.3. The molecule has 0 spiro atoms. The van der Waals surface area contributed by atoms with Crippen LogP contribution in [0.15, 0.2) is 12.3 Å². The molecule has 0 N–H and O–H groups in total. The first-order valence-corrected chi connectivity index (χ1v) is 22.4. The predicted molar refractivity (Wildman–Crippen MR) is 113 cm³/mol. The molecule has 0 aliphatic rings. The Kier molecular flexibility index (Phi) is 10.2. The van der Waals surface area contributed by atoms with Crippen LogP contribution in [0.25, 0.3) is 0 Å². The van der Waals surface area contributed by atoms with Crippen LogP contribution in [0.2, 0.25) is 24.7 Å². The Morgan fingerprint density at radius 2 is 1.27 bits per heavy atom. The fraction of sp³-hybridized carbons (Fsp3) is 0.833. The normalized spacial score (nSPS) is 18.6. The van der Waals surface area contributed by atoms with Crippen molar-refractivity contribution in [1.82, 2.24) is 0 Å².